The van der Waals surface area contributed by atoms with Crippen molar-refractivity contribution in [2.75, 3.05) is 33.3 Å². The Balaban J connectivity index is 1.32. The lowest BCUT2D eigenvalue weighted by Crippen LogP contribution is -2.48. The molecule has 0 saturated carbocycles. The van der Waals surface area contributed by atoms with Crippen molar-refractivity contribution in [3.8, 4) is 17.0 Å². The van der Waals surface area contributed by atoms with E-state index >= 15 is 0 Å². The summed E-state index contributed by atoms with van der Waals surface area (Å²) in [5.74, 6) is 0.918. The maximum Gasteiger partial charge on any atom is 0.267 e. The van der Waals surface area contributed by atoms with Gasteiger partial charge < -0.3 is 9.64 Å². The van der Waals surface area contributed by atoms with Gasteiger partial charge in [0.25, 0.3) is 5.91 Å². The van der Waals surface area contributed by atoms with E-state index in [1.54, 1.807) is 18.4 Å². The SMILES string of the molecule is CCCc1nnsc1C(=O)N1CCN(Cc2nc(-c3ccc(OC)cc3)cs2)CC1. The molecule has 1 amide bonds. The van der Waals surface area contributed by atoms with Crippen LogP contribution in [0, 0.1) is 0 Å². The number of carbonyl (C=O) groups excluding carboxylic acids is 1. The van der Waals surface area contributed by atoms with Crippen LogP contribution in [0.1, 0.15) is 33.7 Å². The van der Waals surface area contributed by atoms with Crippen molar-refractivity contribution in [3.05, 3.63) is 45.2 Å². The van der Waals surface area contributed by atoms with Gasteiger partial charge in [-0.05, 0) is 42.2 Å². The summed E-state index contributed by atoms with van der Waals surface area (Å²) in [4.78, 5) is 22.6. The van der Waals surface area contributed by atoms with Gasteiger partial charge in [-0.25, -0.2) is 4.98 Å². The lowest BCUT2D eigenvalue weighted by Gasteiger charge is -2.34. The molecule has 3 heterocycles. The van der Waals surface area contributed by atoms with Gasteiger partial charge in [-0.2, -0.15) is 0 Å². The molecule has 1 aromatic carbocycles. The van der Waals surface area contributed by atoms with Gasteiger partial charge in [0.15, 0.2) is 0 Å². The first kappa shape index (κ1) is 20.9. The first-order chi connectivity index (χ1) is 14.7. The summed E-state index contributed by atoms with van der Waals surface area (Å²) in [6, 6.07) is 7.97. The molecule has 9 heteroatoms. The zero-order valence-corrected chi connectivity index (χ0v) is 18.8. The molecule has 1 aliphatic heterocycles. The molecule has 0 N–H and O–H groups in total. The second kappa shape index (κ2) is 9.63. The number of hydrogen-bond acceptors (Lipinski definition) is 8. The molecule has 0 bridgehead atoms. The van der Waals surface area contributed by atoms with Crippen LogP contribution in [0.25, 0.3) is 11.3 Å². The van der Waals surface area contributed by atoms with E-state index in [1.807, 2.05) is 29.2 Å². The highest BCUT2D eigenvalue weighted by molar-refractivity contribution is 7.10. The maximum absolute atomic E-state index is 12.8. The molecule has 158 valence electrons. The third-order valence-corrected chi connectivity index (χ3v) is 6.78. The van der Waals surface area contributed by atoms with Crippen LogP contribution in [0.5, 0.6) is 5.75 Å². The predicted octanol–water partition coefficient (Wildman–Crippen LogP) is 3.58. The Morgan fingerprint density at radius 3 is 2.63 bits per heavy atom. The second-order valence-corrected chi connectivity index (χ2v) is 8.92. The van der Waals surface area contributed by atoms with E-state index in [4.69, 9.17) is 9.72 Å². The average molecular weight is 444 g/mol. The zero-order valence-electron chi connectivity index (χ0n) is 17.2. The normalized spacial score (nSPS) is 14.8. The Morgan fingerprint density at radius 2 is 1.93 bits per heavy atom. The molecule has 30 heavy (non-hydrogen) atoms. The first-order valence-corrected chi connectivity index (χ1v) is 11.7. The minimum absolute atomic E-state index is 0.0733. The van der Waals surface area contributed by atoms with Gasteiger partial charge >= 0.3 is 0 Å². The Morgan fingerprint density at radius 1 is 1.17 bits per heavy atom. The van der Waals surface area contributed by atoms with E-state index in [0.717, 1.165) is 73.3 Å². The van der Waals surface area contributed by atoms with E-state index in [2.05, 4.69) is 26.8 Å². The van der Waals surface area contributed by atoms with Crippen LogP contribution >= 0.6 is 22.9 Å². The number of ether oxygens (including phenoxy) is 1. The fraction of sp³-hybridized carbons (Fsp3) is 0.429. The molecular formula is C21H25N5O2S2. The molecule has 1 fully saturated rings. The Labute approximate surface area is 184 Å². The summed E-state index contributed by atoms with van der Waals surface area (Å²) in [5.41, 5.74) is 2.92. The number of aromatic nitrogens is 3. The monoisotopic (exact) mass is 443 g/mol. The number of amides is 1. The van der Waals surface area contributed by atoms with Gasteiger partial charge in [0.2, 0.25) is 0 Å². The molecule has 1 aliphatic rings. The number of aryl methyl sites for hydroxylation is 1. The van der Waals surface area contributed by atoms with E-state index in [1.165, 1.54) is 11.5 Å². The summed E-state index contributed by atoms with van der Waals surface area (Å²) < 4.78 is 9.20. The van der Waals surface area contributed by atoms with Crippen LogP contribution in [0.2, 0.25) is 0 Å². The van der Waals surface area contributed by atoms with Gasteiger partial charge in [-0.3, -0.25) is 9.69 Å². The molecular weight excluding hydrogens is 418 g/mol. The fourth-order valence-electron chi connectivity index (χ4n) is 3.49. The standard InChI is InChI=1S/C21H25N5O2S2/c1-3-4-17-20(30-24-23-17)21(27)26-11-9-25(10-12-26)13-19-22-18(14-29-19)15-5-7-16(28-2)8-6-15/h5-8,14H,3-4,9-13H2,1-2H3. The van der Waals surface area contributed by atoms with Crippen LogP contribution in [-0.4, -0.2) is 63.6 Å². The highest BCUT2D eigenvalue weighted by Gasteiger charge is 2.26. The number of hydrogen-bond donors (Lipinski definition) is 0. The molecule has 2 aromatic heterocycles. The molecule has 1 saturated heterocycles. The van der Waals surface area contributed by atoms with Crippen molar-refractivity contribution >= 4 is 28.8 Å². The Bertz CT molecular complexity index is 977. The van der Waals surface area contributed by atoms with Crippen molar-refractivity contribution < 1.29 is 9.53 Å². The number of thiazole rings is 1. The Hall–Kier alpha value is -2.36. The topological polar surface area (TPSA) is 71.5 Å². The molecule has 0 unspecified atom stereocenters. The van der Waals surface area contributed by atoms with Crippen molar-refractivity contribution in [1.82, 2.24) is 24.4 Å². The van der Waals surface area contributed by atoms with Crippen LogP contribution in [-0.2, 0) is 13.0 Å². The number of carbonyl (C=O) groups is 1. The lowest BCUT2D eigenvalue weighted by molar-refractivity contribution is 0.0632. The molecule has 3 aromatic rings. The number of nitrogens with zero attached hydrogens (tertiary/aromatic N) is 5. The van der Waals surface area contributed by atoms with E-state index in [9.17, 15) is 4.79 Å². The summed E-state index contributed by atoms with van der Waals surface area (Å²) >= 11 is 2.90. The molecule has 0 atom stereocenters. The van der Waals surface area contributed by atoms with Crippen molar-refractivity contribution in [2.45, 2.75) is 26.3 Å². The quantitative estimate of drug-likeness (QED) is 0.556. The number of piperazine rings is 1. The van der Waals surface area contributed by atoms with Crippen LogP contribution in [0.3, 0.4) is 0 Å². The smallest absolute Gasteiger partial charge is 0.267 e. The number of benzene rings is 1. The largest absolute Gasteiger partial charge is 0.497 e. The fourth-order valence-corrected chi connectivity index (χ4v) is 5.01. The predicted molar refractivity (Wildman–Crippen MR) is 119 cm³/mol. The molecule has 7 nitrogen and oxygen atoms in total. The van der Waals surface area contributed by atoms with E-state index in [0.29, 0.717) is 4.88 Å². The first-order valence-electron chi connectivity index (χ1n) is 10.1. The third kappa shape index (κ3) is 4.69. The summed E-state index contributed by atoms with van der Waals surface area (Å²) in [5, 5.41) is 7.32. The summed E-state index contributed by atoms with van der Waals surface area (Å²) in [6.45, 7) is 6.03. The zero-order chi connectivity index (χ0) is 20.9. The average Bonchev–Trinajstić information content (AvgIpc) is 3.44. The van der Waals surface area contributed by atoms with Crippen LogP contribution in [0.4, 0.5) is 0 Å². The van der Waals surface area contributed by atoms with Crippen molar-refractivity contribution in [2.24, 2.45) is 0 Å². The number of rotatable bonds is 7. The van der Waals surface area contributed by atoms with Crippen molar-refractivity contribution in [3.63, 3.8) is 0 Å². The molecule has 0 aliphatic carbocycles. The highest BCUT2D eigenvalue weighted by Crippen LogP contribution is 2.25. The third-order valence-electron chi connectivity index (χ3n) is 5.19. The van der Waals surface area contributed by atoms with Crippen molar-refractivity contribution in [1.29, 1.82) is 0 Å². The van der Waals surface area contributed by atoms with Crippen LogP contribution in [0.15, 0.2) is 29.6 Å². The molecule has 0 spiro atoms. The molecule has 0 radical (unpaired) electrons. The molecule has 4 rings (SSSR count). The van der Waals surface area contributed by atoms with Crippen LogP contribution < -0.4 is 4.74 Å². The highest BCUT2D eigenvalue weighted by atomic mass is 32.1. The van der Waals surface area contributed by atoms with E-state index in [-0.39, 0.29) is 5.91 Å². The second-order valence-electron chi connectivity index (χ2n) is 7.22. The maximum atomic E-state index is 12.8. The number of methoxy groups -OCH3 is 1. The van der Waals surface area contributed by atoms with E-state index < -0.39 is 0 Å². The summed E-state index contributed by atoms with van der Waals surface area (Å²) in [7, 11) is 1.67. The minimum atomic E-state index is 0.0733. The van der Waals surface area contributed by atoms with Gasteiger partial charge in [-0.15, -0.1) is 16.4 Å². The minimum Gasteiger partial charge on any atom is -0.497 e. The van der Waals surface area contributed by atoms with Gasteiger partial charge in [0.1, 0.15) is 15.6 Å². The Kier molecular flexibility index (Phi) is 6.71. The summed E-state index contributed by atoms with van der Waals surface area (Å²) in [6.07, 6.45) is 1.77. The van der Waals surface area contributed by atoms with Gasteiger partial charge in [0.05, 0.1) is 25.0 Å². The lowest BCUT2D eigenvalue weighted by atomic mass is 10.2. The van der Waals surface area contributed by atoms with Gasteiger partial charge in [0, 0.05) is 37.1 Å². The van der Waals surface area contributed by atoms with Gasteiger partial charge in [-0.1, -0.05) is 17.8 Å².